The van der Waals surface area contributed by atoms with Crippen LogP contribution in [0.4, 0.5) is 0 Å². The first-order valence-electron chi connectivity index (χ1n) is 8.39. The quantitative estimate of drug-likeness (QED) is 0.185. The smallest absolute Gasteiger partial charge is 0.303 e. The highest BCUT2D eigenvalue weighted by Crippen LogP contribution is 1.92. The van der Waals surface area contributed by atoms with E-state index in [-0.39, 0.29) is 12.8 Å². The summed E-state index contributed by atoms with van der Waals surface area (Å²) in [5.41, 5.74) is 0. The Bertz CT molecular complexity index is 275. The summed E-state index contributed by atoms with van der Waals surface area (Å²) >= 11 is 0. The molecule has 0 aromatic carbocycles. The van der Waals surface area contributed by atoms with Gasteiger partial charge < -0.3 is 31.5 Å². The van der Waals surface area contributed by atoms with Gasteiger partial charge in [-0.05, 0) is 32.4 Å². The second-order valence-electron chi connectivity index (χ2n) is 5.35. The third kappa shape index (κ3) is 20.8. The molecule has 0 aliphatic heterocycles. The molecular formula is C15H32N4O4. The van der Waals surface area contributed by atoms with E-state index in [0.717, 1.165) is 65.2 Å². The molecule has 0 saturated heterocycles. The second-order valence-corrected chi connectivity index (χ2v) is 5.35. The minimum Gasteiger partial charge on any atom is -0.481 e. The lowest BCUT2D eigenvalue weighted by Crippen LogP contribution is -2.35. The summed E-state index contributed by atoms with van der Waals surface area (Å²) in [6.07, 6.45) is 2.76. The van der Waals surface area contributed by atoms with Crippen molar-refractivity contribution in [3.8, 4) is 0 Å². The van der Waals surface area contributed by atoms with Crippen LogP contribution in [0.2, 0.25) is 0 Å². The maximum Gasteiger partial charge on any atom is 0.303 e. The summed E-state index contributed by atoms with van der Waals surface area (Å²) in [6.45, 7) is 6.90. The predicted molar refractivity (Wildman–Crippen MR) is 89.8 cm³/mol. The fraction of sp³-hybridized carbons (Fsp3) is 0.867. The van der Waals surface area contributed by atoms with Crippen molar-refractivity contribution < 1.29 is 19.8 Å². The monoisotopic (exact) mass is 332 g/mol. The lowest BCUT2D eigenvalue weighted by Gasteiger charge is -2.08. The molecule has 6 N–H and O–H groups in total. The van der Waals surface area contributed by atoms with E-state index >= 15 is 0 Å². The highest BCUT2D eigenvalue weighted by molar-refractivity contribution is 5.66. The second kappa shape index (κ2) is 17.1. The minimum absolute atomic E-state index is 0.220. The third-order valence-electron chi connectivity index (χ3n) is 3.17. The van der Waals surface area contributed by atoms with Crippen LogP contribution >= 0.6 is 0 Å². The molecular weight excluding hydrogens is 300 g/mol. The molecule has 8 nitrogen and oxygen atoms in total. The first kappa shape index (κ1) is 21.8. The van der Waals surface area contributed by atoms with Gasteiger partial charge in [0.2, 0.25) is 0 Å². The lowest BCUT2D eigenvalue weighted by molar-refractivity contribution is -0.138. The molecule has 0 rings (SSSR count). The van der Waals surface area contributed by atoms with Crippen LogP contribution in [0.15, 0.2) is 0 Å². The Morgan fingerprint density at radius 3 is 1.30 bits per heavy atom. The standard InChI is InChI=1S/C15H32N4O4/c20-14(21)4-1-2-6-16-8-10-18-12-13-19-11-9-17-7-3-5-15(22)23/h16-19H,1-13H2,(H,20,21)(H,22,23). The molecule has 0 bridgehead atoms. The Labute approximate surface area is 138 Å². The Hall–Kier alpha value is -1.22. The summed E-state index contributed by atoms with van der Waals surface area (Å²) in [7, 11) is 0. The fourth-order valence-electron chi connectivity index (χ4n) is 1.92. The number of carbonyl (C=O) groups is 2. The number of hydrogen-bond donors (Lipinski definition) is 6. The van der Waals surface area contributed by atoms with E-state index in [9.17, 15) is 9.59 Å². The minimum atomic E-state index is -0.745. The molecule has 23 heavy (non-hydrogen) atoms. The summed E-state index contributed by atoms with van der Waals surface area (Å²) < 4.78 is 0. The first-order valence-corrected chi connectivity index (χ1v) is 8.39. The topological polar surface area (TPSA) is 123 Å². The predicted octanol–water partition coefficient (Wildman–Crippen LogP) is -0.535. The molecule has 0 spiro atoms. The number of nitrogens with one attached hydrogen (secondary N) is 4. The van der Waals surface area contributed by atoms with Crippen LogP contribution in [-0.4, -0.2) is 74.5 Å². The lowest BCUT2D eigenvalue weighted by atomic mass is 10.2. The van der Waals surface area contributed by atoms with Crippen LogP contribution in [0.25, 0.3) is 0 Å². The highest BCUT2D eigenvalue weighted by Gasteiger charge is 1.96. The molecule has 0 saturated carbocycles. The molecule has 0 atom stereocenters. The molecule has 136 valence electrons. The molecule has 0 aromatic rings. The zero-order chi connectivity index (χ0) is 17.2. The van der Waals surface area contributed by atoms with Crippen molar-refractivity contribution in [2.45, 2.75) is 32.1 Å². The van der Waals surface area contributed by atoms with Crippen molar-refractivity contribution in [2.75, 3.05) is 52.4 Å². The van der Waals surface area contributed by atoms with Crippen LogP contribution in [-0.2, 0) is 9.59 Å². The Morgan fingerprint density at radius 2 is 0.870 bits per heavy atom. The fourth-order valence-corrected chi connectivity index (χ4v) is 1.92. The molecule has 0 unspecified atom stereocenters. The van der Waals surface area contributed by atoms with E-state index < -0.39 is 11.9 Å². The Kier molecular flexibility index (Phi) is 16.2. The van der Waals surface area contributed by atoms with Gasteiger partial charge in [0.1, 0.15) is 0 Å². The average Bonchev–Trinajstić information content (AvgIpc) is 2.49. The maximum atomic E-state index is 10.3. The van der Waals surface area contributed by atoms with E-state index in [1.807, 2.05) is 0 Å². The van der Waals surface area contributed by atoms with Gasteiger partial charge in [0, 0.05) is 52.1 Å². The number of unbranched alkanes of at least 4 members (excludes halogenated alkanes) is 1. The summed E-state index contributed by atoms with van der Waals surface area (Å²) in [5, 5.41) is 30.0. The van der Waals surface area contributed by atoms with Gasteiger partial charge in [-0.2, -0.15) is 0 Å². The first-order chi connectivity index (χ1) is 11.1. The van der Waals surface area contributed by atoms with Crippen LogP contribution < -0.4 is 21.3 Å². The van der Waals surface area contributed by atoms with E-state index in [2.05, 4.69) is 21.3 Å². The van der Waals surface area contributed by atoms with Gasteiger partial charge in [-0.15, -0.1) is 0 Å². The van der Waals surface area contributed by atoms with Crippen molar-refractivity contribution in [3.05, 3.63) is 0 Å². The van der Waals surface area contributed by atoms with E-state index in [1.165, 1.54) is 0 Å². The van der Waals surface area contributed by atoms with Crippen LogP contribution in [0.3, 0.4) is 0 Å². The van der Waals surface area contributed by atoms with Crippen molar-refractivity contribution in [3.63, 3.8) is 0 Å². The highest BCUT2D eigenvalue weighted by atomic mass is 16.4. The summed E-state index contributed by atoms with van der Waals surface area (Å²) in [4.78, 5) is 20.6. The molecule has 0 fully saturated rings. The van der Waals surface area contributed by atoms with Gasteiger partial charge in [-0.1, -0.05) is 0 Å². The normalized spacial score (nSPS) is 10.8. The van der Waals surface area contributed by atoms with Gasteiger partial charge >= 0.3 is 11.9 Å². The molecule has 0 aliphatic carbocycles. The molecule has 0 aliphatic rings. The maximum absolute atomic E-state index is 10.3. The average molecular weight is 332 g/mol. The number of hydrogen-bond acceptors (Lipinski definition) is 6. The van der Waals surface area contributed by atoms with E-state index in [1.54, 1.807) is 0 Å². The van der Waals surface area contributed by atoms with Gasteiger partial charge in [-0.25, -0.2) is 0 Å². The van der Waals surface area contributed by atoms with Crippen LogP contribution in [0.5, 0.6) is 0 Å². The van der Waals surface area contributed by atoms with Crippen molar-refractivity contribution >= 4 is 11.9 Å². The molecule has 0 aromatic heterocycles. The number of carboxylic acid groups (broad SMARTS) is 2. The van der Waals surface area contributed by atoms with Gasteiger partial charge in [0.05, 0.1) is 0 Å². The zero-order valence-corrected chi connectivity index (χ0v) is 13.9. The summed E-state index contributed by atoms with van der Waals surface area (Å²) in [5.74, 6) is -1.47. The van der Waals surface area contributed by atoms with Gasteiger partial charge in [0.25, 0.3) is 0 Å². The van der Waals surface area contributed by atoms with Gasteiger partial charge in [-0.3, -0.25) is 9.59 Å². The number of aliphatic carboxylic acids is 2. The SMILES string of the molecule is O=C(O)CCCCNCCNCCNCCNCCCC(=O)O. The number of carboxylic acids is 2. The Balaban J connectivity index is 3.00. The van der Waals surface area contributed by atoms with Crippen molar-refractivity contribution in [2.24, 2.45) is 0 Å². The molecule has 8 heteroatoms. The van der Waals surface area contributed by atoms with E-state index in [4.69, 9.17) is 10.2 Å². The summed E-state index contributed by atoms with van der Waals surface area (Å²) in [6, 6.07) is 0. The zero-order valence-electron chi connectivity index (χ0n) is 13.9. The van der Waals surface area contributed by atoms with E-state index in [0.29, 0.717) is 6.42 Å². The van der Waals surface area contributed by atoms with Crippen molar-refractivity contribution in [1.29, 1.82) is 0 Å². The molecule has 0 amide bonds. The van der Waals surface area contributed by atoms with Crippen molar-refractivity contribution in [1.82, 2.24) is 21.3 Å². The van der Waals surface area contributed by atoms with Gasteiger partial charge in [0.15, 0.2) is 0 Å². The largest absolute Gasteiger partial charge is 0.481 e. The molecule has 0 heterocycles. The van der Waals surface area contributed by atoms with Crippen LogP contribution in [0, 0.1) is 0 Å². The van der Waals surface area contributed by atoms with Crippen LogP contribution in [0.1, 0.15) is 32.1 Å². The Morgan fingerprint density at radius 1 is 0.522 bits per heavy atom. The molecule has 0 radical (unpaired) electrons. The number of rotatable bonds is 18. The third-order valence-corrected chi connectivity index (χ3v) is 3.17.